The smallest absolute Gasteiger partial charge is 0.366 e. The van der Waals surface area contributed by atoms with Crippen molar-refractivity contribution in [1.82, 2.24) is 9.88 Å². The number of aryl methyl sites for hydroxylation is 1. The van der Waals surface area contributed by atoms with E-state index < -0.39 is 17.6 Å². The Hall–Kier alpha value is -1.90. The van der Waals surface area contributed by atoms with Crippen LogP contribution in [0.25, 0.3) is 0 Å². The highest BCUT2D eigenvalue weighted by Crippen LogP contribution is 2.23. The largest absolute Gasteiger partial charge is 0.401 e. The SMILES string of the molecule is Cc1cc([N+](=O)[O-])cnc1NC1CCN(CC(F)(F)F)C1. The van der Waals surface area contributed by atoms with Crippen LogP contribution in [0.15, 0.2) is 12.3 Å². The number of nitrogens with zero attached hydrogens (tertiary/aromatic N) is 3. The second kappa shape index (κ2) is 5.84. The maximum Gasteiger partial charge on any atom is 0.401 e. The third-order valence-electron chi connectivity index (χ3n) is 3.29. The first-order valence-electron chi connectivity index (χ1n) is 6.41. The summed E-state index contributed by atoms with van der Waals surface area (Å²) in [6.45, 7) is 1.39. The van der Waals surface area contributed by atoms with E-state index >= 15 is 0 Å². The van der Waals surface area contributed by atoms with Gasteiger partial charge >= 0.3 is 6.18 Å². The molecule has 1 atom stereocenters. The number of halogens is 3. The van der Waals surface area contributed by atoms with Crippen molar-refractivity contribution in [2.75, 3.05) is 25.0 Å². The van der Waals surface area contributed by atoms with E-state index in [1.807, 2.05) is 0 Å². The van der Waals surface area contributed by atoms with E-state index in [0.29, 0.717) is 24.3 Å². The maximum atomic E-state index is 12.3. The number of pyridine rings is 1. The number of nitrogens with one attached hydrogen (secondary N) is 1. The Morgan fingerprint density at radius 2 is 2.29 bits per heavy atom. The number of hydrogen-bond acceptors (Lipinski definition) is 5. The van der Waals surface area contributed by atoms with Crippen molar-refractivity contribution in [3.05, 3.63) is 27.9 Å². The molecule has 0 aromatic carbocycles. The van der Waals surface area contributed by atoms with Crippen LogP contribution in [-0.4, -0.2) is 46.7 Å². The summed E-state index contributed by atoms with van der Waals surface area (Å²) in [6, 6.07) is 1.25. The van der Waals surface area contributed by atoms with E-state index in [9.17, 15) is 23.3 Å². The molecule has 9 heteroatoms. The summed E-state index contributed by atoms with van der Waals surface area (Å²) in [5.74, 6) is 0.472. The molecule has 1 aromatic rings. The van der Waals surface area contributed by atoms with Gasteiger partial charge in [-0.2, -0.15) is 13.2 Å². The molecular weight excluding hydrogens is 289 g/mol. The lowest BCUT2D eigenvalue weighted by Gasteiger charge is -2.18. The van der Waals surface area contributed by atoms with Crippen LogP contribution in [0.5, 0.6) is 0 Å². The van der Waals surface area contributed by atoms with E-state index in [1.165, 1.54) is 11.0 Å². The molecule has 0 amide bonds. The Morgan fingerprint density at radius 3 is 2.86 bits per heavy atom. The molecule has 1 fully saturated rings. The second-order valence-corrected chi connectivity index (χ2v) is 5.10. The summed E-state index contributed by atoms with van der Waals surface area (Å²) in [5.41, 5.74) is 0.488. The van der Waals surface area contributed by atoms with Gasteiger partial charge in [-0.25, -0.2) is 4.98 Å². The molecular formula is C12H15F3N4O2. The van der Waals surface area contributed by atoms with Crippen molar-refractivity contribution >= 4 is 11.5 Å². The van der Waals surface area contributed by atoms with Gasteiger partial charge in [0.25, 0.3) is 5.69 Å². The average molecular weight is 304 g/mol. The average Bonchev–Trinajstić information content (AvgIpc) is 2.76. The molecule has 21 heavy (non-hydrogen) atoms. The van der Waals surface area contributed by atoms with Crippen molar-refractivity contribution in [2.45, 2.75) is 25.6 Å². The number of likely N-dealkylation sites (tertiary alicyclic amines) is 1. The van der Waals surface area contributed by atoms with E-state index in [4.69, 9.17) is 0 Å². The van der Waals surface area contributed by atoms with Gasteiger partial charge < -0.3 is 5.32 Å². The van der Waals surface area contributed by atoms with Crippen LogP contribution in [0, 0.1) is 17.0 Å². The molecule has 1 aliphatic heterocycles. The lowest BCUT2D eigenvalue weighted by molar-refractivity contribution is -0.385. The summed E-state index contributed by atoms with van der Waals surface area (Å²) >= 11 is 0. The molecule has 0 spiro atoms. The Labute approximate surface area is 119 Å². The fourth-order valence-electron chi connectivity index (χ4n) is 2.35. The zero-order valence-electron chi connectivity index (χ0n) is 11.4. The van der Waals surface area contributed by atoms with Gasteiger partial charge in [-0.05, 0) is 18.9 Å². The van der Waals surface area contributed by atoms with Gasteiger partial charge in [-0.3, -0.25) is 15.0 Å². The van der Waals surface area contributed by atoms with Crippen LogP contribution in [0.2, 0.25) is 0 Å². The highest BCUT2D eigenvalue weighted by Gasteiger charge is 2.34. The first kappa shape index (κ1) is 15.5. The maximum absolute atomic E-state index is 12.3. The van der Waals surface area contributed by atoms with Crippen molar-refractivity contribution in [3.8, 4) is 0 Å². The Kier molecular flexibility index (Phi) is 4.31. The molecule has 1 aliphatic rings. The lowest BCUT2D eigenvalue weighted by atomic mass is 10.2. The zero-order chi connectivity index (χ0) is 15.6. The van der Waals surface area contributed by atoms with Crippen LogP contribution in [0.3, 0.4) is 0 Å². The monoisotopic (exact) mass is 304 g/mol. The highest BCUT2D eigenvalue weighted by atomic mass is 19.4. The molecule has 2 rings (SSSR count). The van der Waals surface area contributed by atoms with Gasteiger partial charge in [0.15, 0.2) is 0 Å². The minimum Gasteiger partial charge on any atom is -0.366 e. The number of anilines is 1. The van der Waals surface area contributed by atoms with Crippen molar-refractivity contribution in [3.63, 3.8) is 0 Å². The Balaban J connectivity index is 1.96. The number of hydrogen-bond donors (Lipinski definition) is 1. The predicted molar refractivity (Wildman–Crippen MR) is 70.2 cm³/mol. The highest BCUT2D eigenvalue weighted by molar-refractivity contribution is 5.49. The topological polar surface area (TPSA) is 71.3 Å². The third-order valence-corrected chi connectivity index (χ3v) is 3.29. The number of aromatic nitrogens is 1. The van der Waals surface area contributed by atoms with Crippen LogP contribution < -0.4 is 5.32 Å². The van der Waals surface area contributed by atoms with Gasteiger partial charge in [0.1, 0.15) is 12.0 Å². The van der Waals surface area contributed by atoms with Gasteiger partial charge in [0.2, 0.25) is 0 Å². The normalized spacial score (nSPS) is 19.7. The Morgan fingerprint density at radius 1 is 1.57 bits per heavy atom. The number of rotatable bonds is 4. The van der Waals surface area contributed by atoms with Gasteiger partial charge in [0, 0.05) is 25.2 Å². The molecule has 0 aliphatic carbocycles. The standard InChI is InChI=1S/C12H15F3N4O2/c1-8-4-10(19(20)21)5-16-11(8)17-9-2-3-18(6-9)7-12(13,14)15/h4-5,9H,2-3,6-7H2,1H3,(H,16,17). The summed E-state index contributed by atoms with van der Waals surface area (Å²) in [4.78, 5) is 15.4. The quantitative estimate of drug-likeness (QED) is 0.683. The van der Waals surface area contributed by atoms with Gasteiger partial charge in [-0.15, -0.1) is 0 Å². The molecule has 0 saturated carbocycles. The second-order valence-electron chi connectivity index (χ2n) is 5.10. The fourth-order valence-corrected chi connectivity index (χ4v) is 2.35. The van der Waals surface area contributed by atoms with Crippen molar-refractivity contribution < 1.29 is 18.1 Å². The molecule has 1 aromatic heterocycles. The fraction of sp³-hybridized carbons (Fsp3) is 0.583. The van der Waals surface area contributed by atoms with E-state index in [-0.39, 0.29) is 18.3 Å². The first-order valence-corrected chi connectivity index (χ1v) is 6.41. The Bertz CT molecular complexity index is 536. The third kappa shape index (κ3) is 4.28. The van der Waals surface area contributed by atoms with Crippen LogP contribution >= 0.6 is 0 Å². The summed E-state index contributed by atoms with van der Waals surface area (Å²) in [5, 5.41) is 13.7. The summed E-state index contributed by atoms with van der Waals surface area (Å²) in [6.07, 6.45) is -2.48. The molecule has 6 nitrogen and oxygen atoms in total. The van der Waals surface area contributed by atoms with E-state index in [1.54, 1.807) is 6.92 Å². The van der Waals surface area contributed by atoms with Crippen molar-refractivity contribution in [2.24, 2.45) is 0 Å². The predicted octanol–water partition coefficient (Wildman–Crippen LogP) is 2.35. The molecule has 1 unspecified atom stereocenters. The number of alkyl halides is 3. The van der Waals surface area contributed by atoms with Gasteiger partial charge in [0.05, 0.1) is 11.5 Å². The zero-order valence-corrected chi connectivity index (χ0v) is 11.4. The minimum atomic E-state index is -4.20. The van der Waals surface area contributed by atoms with Crippen LogP contribution in [-0.2, 0) is 0 Å². The summed E-state index contributed by atoms with van der Waals surface area (Å²) in [7, 11) is 0. The first-order chi connectivity index (χ1) is 9.74. The van der Waals surface area contributed by atoms with Gasteiger partial charge in [-0.1, -0.05) is 0 Å². The molecule has 116 valence electrons. The van der Waals surface area contributed by atoms with Crippen LogP contribution in [0.1, 0.15) is 12.0 Å². The number of nitro groups is 1. The summed E-state index contributed by atoms with van der Waals surface area (Å²) < 4.78 is 36.9. The molecule has 1 N–H and O–H groups in total. The molecule has 0 radical (unpaired) electrons. The molecule has 1 saturated heterocycles. The van der Waals surface area contributed by atoms with E-state index in [2.05, 4.69) is 10.3 Å². The van der Waals surface area contributed by atoms with Crippen molar-refractivity contribution in [1.29, 1.82) is 0 Å². The van der Waals surface area contributed by atoms with E-state index in [0.717, 1.165) is 6.20 Å². The lowest BCUT2D eigenvalue weighted by Crippen LogP contribution is -2.34. The van der Waals surface area contributed by atoms with Crippen LogP contribution in [0.4, 0.5) is 24.7 Å². The molecule has 2 heterocycles. The molecule has 0 bridgehead atoms. The minimum absolute atomic E-state index is 0.108.